The van der Waals surface area contributed by atoms with Crippen LogP contribution in [0.5, 0.6) is 5.75 Å². The van der Waals surface area contributed by atoms with Crippen molar-refractivity contribution >= 4 is 11.9 Å². The smallest absolute Gasteiger partial charge is 0.437 e. The fourth-order valence-electron chi connectivity index (χ4n) is 3.69. The number of halogens is 3. The van der Waals surface area contributed by atoms with Crippen LogP contribution in [0.25, 0.3) is 11.3 Å². The van der Waals surface area contributed by atoms with Gasteiger partial charge in [0.2, 0.25) is 11.9 Å². The molecule has 12 heteroatoms. The molecule has 0 bridgehead atoms. The molecule has 2 aliphatic rings. The van der Waals surface area contributed by atoms with Gasteiger partial charge in [0.15, 0.2) is 11.4 Å². The lowest BCUT2D eigenvalue weighted by molar-refractivity contribution is -0.142. The van der Waals surface area contributed by atoms with E-state index < -0.39 is 17.6 Å². The van der Waals surface area contributed by atoms with E-state index in [2.05, 4.69) is 20.4 Å². The quantitative estimate of drug-likeness (QED) is 0.754. The lowest BCUT2D eigenvalue weighted by Crippen LogP contribution is -2.47. The van der Waals surface area contributed by atoms with Gasteiger partial charge in [0.1, 0.15) is 12.2 Å². The minimum Gasteiger partial charge on any atom is -0.492 e. The maximum absolute atomic E-state index is 13.7. The topological polar surface area (TPSA) is 88.4 Å². The number of alkyl halides is 3. The molecule has 2 saturated heterocycles. The molecular weight excluding hydrogens is 415 g/mol. The first kappa shape index (κ1) is 21.3. The Balaban J connectivity index is 1.66. The number of carbonyl (C=O) groups excluding carboxylic acids is 1. The van der Waals surface area contributed by atoms with Gasteiger partial charge in [0.05, 0.1) is 13.3 Å². The van der Waals surface area contributed by atoms with Crippen molar-refractivity contribution in [1.82, 2.24) is 30.0 Å². The largest absolute Gasteiger partial charge is 0.492 e. The van der Waals surface area contributed by atoms with Gasteiger partial charge in [0, 0.05) is 50.5 Å². The van der Waals surface area contributed by atoms with Crippen molar-refractivity contribution in [3.05, 3.63) is 18.1 Å². The number of methoxy groups -OCH3 is 1. The molecule has 0 unspecified atom stereocenters. The molecule has 0 aromatic carbocycles. The van der Waals surface area contributed by atoms with Gasteiger partial charge in [-0.2, -0.15) is 18.3 Å². The highest BCUT2D eigenvalue weighted by molar-refractivity contribution is 5.76. The van der Waals surface area contributed by atoms with Crippen LogP contribution in [-0.2, 0) is 17.5 Å². The van der Waals surface area contributed by atoms with E-state index in [0.29, 0.717) is 25.2 Å². The third-order valence-corrected chi connectivity index (χ3v) is 5.58. The predicted octanol–water partition coefficient (Wildman–Crippen LogP) is 1.40. The molecule has 2 fully saturated rings. The van der Waals surface area contributed by atoms with Crippen LogP contribution >= 0.6 is 0 Å². The third kappa shape index (κ3) is 4.29. The summed E-state index contributed by atoms with van der Waals surface area (Å²) in [4.78, 5) is 24.1. The molecule has 1 amide bonds. The van der Waals surface area contributed by atoms with Crippen LogP contribution in [0.1, 0.15) is 19.0 Å². The summed E-state index contributed by atoms with van der Waals surface area (Å²) in [5.74, 6) is -0.555. The second kappa shape index (κ2) is 8.33. The molecule has 4 rings (SSSR count). The number of aromatic nitrogens is 4. The molecule has 2 aromatic rings. The third-order valence-electron chi connectivity index (χ3n) is 5.58. The second-order valence-corrected chi connectivity index (χ2v) is 7.64. The van der Waals surface area contributed by atoms with Crippen LogP contribution in [0, 0.1) is 0 Å². The van der Waals surface area contributed by atoms with Gasteiger partial charge in [-0.05, 0) is 13.3 Å². The number of amides is 1. The monoisotopic (exact) mass is 439 g/mol. The summed E-state index contributed by atoms with van der Waals surface area (Å²) in [6.07, 6.45) is -0.952. The van der Waals surface area contributed by atoms with Crippen molar-refractivity contribution in [2.24, 2.45) is 0 Å². The summed E-state index contributed by atoms with van der Waals surface area (Å²) in [6.45, 7) is 5.17. The van der Waals surface area contributed by atoms with Crippen molar-refractivity contribution in [3.63, 3.8) is 0 Å². The Kier molecular flexibility index (Phi) is 5.73. The Morgan fingerprint density at radius 3 is 2.58 bits per heavy atom. The van der Waals surface area contributed by atoms with Gasteiger partial charge >= 0.3 is 6.18 Å². The van der Waals surface area contributed by atoms with E-state index in [-0.39, 0.29) is 30.1 Å². The summed E-state index contributed by atoms with van der Waals surface area (Å²) in [7, 11) is 1.15. The molecule has 0 saturated carbocycles. The lowest BCUT2D eigenvalue weighted by Gasteiger charge is -2.39. The maximum Gasteiger partial charge on any atom is 0.437 e. The molecule has 4 heterocycles. The molecule has 9 nitrogen and oxygen atoms in total. The predicted molar refractivity (Wildman–Crippen MR) is 106 cm³/mol. The van der Waals surface area contributed by atoms with Crippen molar-refractivity contribution in [1.29, 1.82) is 0 Å². The Labute approximate surface area is 177 Å². The van der Waals surface area contributed by atoms with Crippen LogP contribution in [0.15, 0.2) is 12.4 Å². The highest BCUT2D eigenvalue weighted by Gasteiger charge is 2.40. The molecule has 2 aromatic heterocycles. The number of hydrogen-bond donors (Lipinski definition) is 1. The van der Waals surface area contributed by atoms with Crippen LogP contribution in [-0.4, -0.2) is 76.4 Å². The zero-order valence-electron chi connectivity index (χ0n) is 17.3. The average molecular weight is 439 g/mol. The first-order valence-corrected chi connectivity index (χ1v) is 10.1. The maximum atomic E-state index is 13.7. The van der Waals surface area contributed by atoms with E-state index >= 15 is 0 Å². The molecule has 0 radical (unpaired) electrons. The number of carbonyl (C=O) groups is 1. The fourth-order valence-corrected chi connectivity index (χ4v) is 3.69. The molecule has 31 heavy (non-hydrogen) atoms. The normalized spacial score (nSPS) is 19.3. The summed E-state index contributed by atoms with van der Waals surface area (Å²) < 4.78 is 47.6. The van der Waals surface area contributed by atoms with Crippen LogP contribution in [0.4, 0.5) is 19.1 Å². The fraction of sp³-hybridized carbons (Fsp3) is 0.579. The second-order valence-electron chi connectivity index (χ2n) is 7.64. The zero-order valence-corrected chi connectivity index (χ0v) is 17.3. The van der Waals surface area contributed by atoms with Gasteiger partial charge in [-0.15, -0.1) is 0 Å². The molecule has 0 spiro atoms. The molecule has 168 valence electrons. The van der Waals surface area contributed by atoms with Crippen LogP contribution in [0.3, 0.4) is 0 Å². The van der Waals surface area contributed by atoms with E-state index in [1.165, 1.54) is 17.1 Å². The first-order valence-electron chi connectivity index (χ1n) is 10.1. The van der Waals surface area contributed by atoms with E-state index in [4.69, 9.17) is 4.74 Å². The Morgan fingerprint density at radius 1 is 1.26 bits per heavy atom. The number of ether oxygens (including phenoxy) is 1. The van der Waals surface area contributed by atoms with E-state index in [0.717, 1.165) is 26.6 Å². The average Bonchev–Trinajstić information content (AvgIpc) is 3.20. The number of hydrogen-bond acceptors (Lipinski definition) is 7. The summed E-state index contributed by atoms with van der Waals surface area (Å²) in [5, 5.41) is 7.34. The Bertz CT molecular complexity index is 956. The van der Waals surface area contributed by atoms with E-state index in [1.54, 1.807) is 9.80 Å². The minimum atomic E-state index is -4.71. The molecule has 1 atom stereocenters. The molecule has 1 N–H and O–H groups in total. The summed E-state index contributed by atoms with van der Waals surface area (Å²) in [5.41, 5.74) is -0.800. The van der Waals surface area contributed by atoms with Crippen molar-refractivity contribution in [2.45, 2.75) is 32.1 Å². The highest BCUT2D eigenvalue weighted by atomic mass is 19.4. The minimum absolute atomic E-state index is 0.000188. The number of nitrogens with one attached hydrogen (secondary N) is 1. The molecular formula is C19H24F3N7O2. The number of rotatable bonds is 5. The first-order chi connectivity index (χ1) is 14.8. The molecule has 0 aliphatic carbocycles. The summed E-state index contributed by atoms with van der Waals surface area (Å²) in [6, 6.07) is 0.0571. The zero-order chi connectivity index (χ0) is 22.2. The van der Waals surface area contributed by atoms with Gasteiger partial charge in [-0.3, -0.25) is 9.48 Å². The van der Waals surface area contributed by atoms with Gasteiger partial charge in [-0.1, -0.05) is 0 Å². The van der Waals surface area contributed by atoms with Gasteiger partial charge < -0.3 is 19.9 Å². The van der Waals surface area contributed by atoms with Gasteiger partial charge in [-0.25, -0.2) is 9.97 Å². The van der Waals surface area contributed by atoms with Gasteiger partial charge in [0.25, 0.3) is 0 Å². The number of piperazine rings is 1. The highest BCUT2D eigenvalue weighted by Crippen LogP contribution is 2.41. The van der Waals surface area contributed by atoms with Crippen molar-refractivity contribution in [2.75, 3.05) is 44.7 Å². The SMILES string of the molecule is COc1c(-c2cnn(CC(=O)N3CCNCC3)c2)nc(N2CC[C@@H]2C)nc1C(F)(F)F. The Morgan fingerprint density at radius 2 is 2.00 bits per heavy atom. The van der Waals surface area contributed by atoms with Crippen LogP contribution in [0.2, 0.25) is 0 Å². The Hall–Kier alpha value is -2.89. The number of nitrogens with zero attached hydrogens (tertiary/aromatic N) is 6. The standard InChI is InChI=1S/C19H24F3N7O2/c1-12-3-6-29(12)18-25-15(16(31-2)17(26-18)19(20,21)22)13-9-24-28(10-13)11-14(30)27-7-4-23-5-8-27/h9-10,12,23H,3-8,11H2,1-2H3/t12-/m0/s1. The van der Waals surface area contributed by atoms with E-state index in [1.807, 2.05) is 6.92 Å². The van der Waals surface area contributed by atoms with Crippen molar-refractivity contribution < 1.29 is 22.7 Å². The van der Waals surface area contributed by atoms with E-state index in [9.17, 15) is 18.0 Å². The lowest BCUT2D eigenvalue weighted by atomic mass is 10.1. The van der Waals surface area contributed by atoms with Crippen LogP contribution < -0.4 is 15.0 Å². The summed E-state index contributed by atoms with van der Waals surface area (Å²) >= 11 is 0. The van der Waals surface area contributed by atoms with Crippen molar-refractivity contribution in [3.8, 4) is 17.0 Å². The molecule has 2 aliphatic heterocycles. The number of anilines is 1.